The molecule has 0 spiro atoms. The molecule has 0 bridgehead atoms. The molecule has 2 heterocycles. The van der Waals surface area contributed by atoms with Gasteiger partial charge in [-0.25, -0.2) is 19.2 Å². The van der Waals surface area contributed by atoms with E-state index in [4.69, 9.17) is 18.9 Å². The molecular formula is C40H22O8. The van der Waals surface area contributed by atoms with E-state index in [-0.39, 0.29) is 22.3 Å². The SMILES string of the molecule is O=C1OC(=O)c2cc(Oc3ccc(-c4ccc(Oc5ccc6c(c5)C(=O)OC6=O)c(-c5ccccc5)c4)cc3-c3ccccc3)ccc21. The molecule has 8 nitrogen and oxygen atoms in total. The summed E-state index contributed by atoms with van der Waals surface area (Å²) in [5.41, 5.74) is 6.03. The molecule has 6 aromatic rings. The standard InChI is InChI=1S/C40H22O8/c41-37-29-15-13-27(21-33(29)39(43)47-37)45-35-17-11-25(19-31(35)23-7-3-1-4-8-23)26-12-18-36(32(20-26)24-9-5-2-6-10-24)46-28-14-16-30-34(22-28)40(44)48-38(30)42/h1-22H. The molecule has 48 heavy (non-hydrogen) atoms. The van der Waals surface area contributed by atoms with Gasteiger partial charge in [0.05, 0.1) is 22.3 Å². The molecule has 0 aliphatic carbocycles. The van der Waals surface area contributed by atoms with Crippen LogP contribution in [-0.2, 0) is 9.47 Å². The highest BCUT2D eigenvalue weighted by atomic mass is 16.6. The van der Waals surface area contributed by atoms with Crippen LogP contribution in [0.2, 0.25) is 0 Å². The highest BCUT2D eigenvalue weighted by Gasteiger charge is 2.31. The monoisotopic (exact) mass is 630 g/mol. The zero-order chi connectivity index (χ0) is 32.8. The molecule has 8 rings (SSSR count). The fraction of sp³-hybridized carbons (Fsp3) is 0. The van der Waals surface area contributed by atoms with Gasteiger partial charge in [-0.1, -0.05) is 72.8 Å². The molecule has 0 saturated heterocycles. The molecule has 0 saturated carbocycles. The maximum atomic E-state index is 12.2. The van der Waals surface area contributed by atoms with Crippen LogP contribution in [0.4, 0.5) is 0 Å². The summed E-state index contributed by atoms with van der Waals surface area (Å²) in [6.45, 7) is 0. The fourth-order valence-corrected chi connectivity index (χ4v) is 5.79. The molecular weight excluding hydrogens is 608 g/mol. The molecule has 2 aliphatic heterocycles. The summed E-state index contributed by atoms with van der Waals surface area (Å²) in [7, 11) is 0. The van der Waals surface area contributed by atoms with E-state index < -0.39 is 23.9 Å². The zero-order valence-electron chi connectivity index (χ0n) is 25.0. The van der Waals surface area contributed by atoms with Gasteiger partial charge >= 0.3 is 23.9 Å². The van der Waals surface area contributed by atoms with Crippen molar-refractivity contribution in [2.45, 2.75) is 0 Å². The van der Waals surface area contributed by atoms with Gasteiger partial charge in [0.25, 0.3) is 0 Å². The van der Waals surface area contributed by atoms with Crippen molar-refractivity contribution < 1.29 is 38.1 Å². The van der Waals surface area contributed by atoms with E-state index in [1.807, 2.05) is 97.1 Å². The van der Waals surface area contributed by atoms with Crippen molar-refractivity contribution in [2.75, 3.05) is 0 Å². The predicted molar refractivity (Wildman–Crippen MR) is 175 cm³/mol. The van der Waals surface area contributed by atoms with E-state index in [1.165, 1.54) is 24.3 Å². The van der Waals surface area contributed by atoms with Gasteiger partial charge in [0.2, 0.25) is 0 Å². The number of benzene rings is 6. The molecule has 0 amide bonds. The molecule has 2 aliphatic rings. The van der Waals surface area contributed by atoms with Crippen molar-refractivity contribution in [3.8, 4) is 56.4 Å². The summed E-state index contributed by atoms with van der Waals surface area (Å²) >= 11 is 0. The lowest BCUT2D eigenvalue weighted by Gasteiger charge is -2.16. The van der Waals surface area contributed by atoms with Crippen LogP contribution in [0.3, 0.4) is 0 Å². The van der Waals surface area contributed by atoms with E-state index in [0.29, 0.717) is 23.0 Å². The number of fused-ring (bicyclic) bond motifs is 2. The van der Waals surface area contributed by atoms with Crippen molar-refractivity contribution in [2.24, 2.45) is 0 Å². The second kappa shape index (κ2) is 11.5. The molecule has 230 valence electrons. The van der Waals surface area contributed by atoms with Crippen LogP contribution in [0.5, 0.6) is 23.0 Å². The van der Waals surface area contributed by atoms with E-state index in [2.05, 4.69) is 0 Å². The number of hydrogen-bond acceptors (Lipinski definition) is 8. The Morgan fingerprint density at radius 2 is 0.729 bits per heavy atom. The Labute approximate surface area is 273 Å². The molecule has 0 atom stereocenters. The van der Waals surface area contributed by atoms with Crippen molar-refractivity contribution >= 4 is 23.9 Å². The number of rotatable bonds is 7. The Kier molecular flexibility index (Phi) is 6.88. The van der Waals surface area contributed by atoms with Crippen LogP contribution in [0.1, 0.15) is 41.4 Å². The van der Waals surface area contributed by atoms with E-state index in [0.717, 1.165) is 33.4 Å². The topological polar surface area (TPSA) is 105 Å². The van der Waals surface area contributed by atoms with Crippen LogP contribution in [-0.4, -0.2) is 23.9 Å². The molecule has 0 N–H and O–H groups in total. The highest BCUT2D eigenvalue weighted by molar-refractivity contribution is 6.15. The van der Waals surface area contributed by atoms with E-state index in [9.17, 15) is 19.2 Å². The third-order valence-corrected chi connectivity index (χ3v) is 8.15. The molecule has 8 heteroatoms. The summed E-state index contributed by atoms with van der Waals surface area (Å²) in [5, 5.41) is 0. The number of carbonyl (C=O) groups excluding carboxylic acids is 4. The van der Waals surface area contributed by atoms with Crippen LogP contribution >= 0.6 is 0 Å². The third kappa shape index (κ3) is 5.17. The summed E-state index contributed by atoms with van der Waals surface area (Å²) in [5.74, 6) is -0.848. The minimum absolute atomic E-state index is 0.166. The number of hydrogen-bond donors (Lipinski definition) is 0. The van der Waals surface area contributed by atoms with Gasteiger partial charge < -0.3 is 18.9 Å². The quantitative estimate of drug-likeness (QED) is 0.127. The zero-order valence-corrected chi connectivity index (χ0v) is 25.0. The third-order valence-electron chi connectivity index (χ3n) is 8.15. The molecule has 0 unspecified atom stereocenters. The summed E-state index contributed by atoms with van der Waals surface area (Å²) < 4.78 is 22.1. The van der Waals surface area contributed by atoms with Gasteiger partial charge in [-0.3, -0.25) is 0 Å². The lowest BCUT2D eigenvalue weighted by molar-refractivity contribution is 0.0425. The van der Waals surface area contributed by atoms with Gasteiger partial charge in [-0.15, -0.1) is 0 Å². The number of esters is 4. The first-order valence-electron chi connectivity index (χ1n) is 15.0. The minimum Gasteiger partial charge on any atom is -0.457 e. The number of cyclic esters (lactones) is 4. The van der Waals surface area contributed by atoms with E-state index in [1.54, 1.807) is 12.1 Å². The smallest absolute Gasteiger partial charge is 0.347 e. The first-order chi connectivity index (χ1) is 23.4. The first-order valence-corrected chi connectivity index (χ1v) is 15.0. The lowest BCUT2D eigenvalue weighted by Crippen LogP contribution is -1.97. The van der Waals surface area contributed by atoms with Gasteiger partial charge in [-0.2, -0.15) is 0 Å². The maximum Gasteiger partial charge on any atom is 0.347 e. The van der Waals surface area contributed by atoms with Gasteiger partial charge in [-0.05, 0) is 82.9 Å². The Morgan fingerprint density at radius 1 is 0.333 bits per heavy atom. The van der Waals surface area contributed by atoms with Crippen molar-refractivity contribution in [3.05, 3.63) is 156 Å². The largest absolute Gasteiger partial charge is 0.457 e. The van der Waals surface area contributed by atoms with Crippen molar-refractivity contribution in [1.82, 2.24) is 0 Å². The fourth-order valence-electron chi connectivity index (χ4n) is 5.79. The van der Waals surface area contributed by atoms with E-state index >= 15 is 0 Å². The van der Waals surface area contributed by atoms with Gasteiger partial charge in [0.15, 0.2) is 0 Å². The molecule has 0 radical (unpaired) electrons. The second-order valence-corrected chi connectivity index (χ2v) is 11.1. The Balaban J connectivity index is 1.18. The van der Waals surface area contributed by atoms with Crippen molar-refractivity contribution in [3.63, 3.8) is 0 Å². The Hall–Kier alpha value is -6.80. The van der Waals surface area contributed by atoms with Crippen LogP contribution in [0.15, 0.2) is 133 Å². The first kappa shape index (κ1) is 28.7. The summed E-state index contributed by atoms with van der Waals surface area (Å²) in [4.78, 5) is 48.2. The van der Waals surface area contributed by atoms with Crippen LogP contribution < -0.4 is 9.47 Å². The van der Waals surface area contributed by atoms with Gasteiger partial charge in [0, 0.05) is 11.1 Å². The average Bonchev–Trinajstić information content (AvgIpc) is 3.57. The minimum atomic E-state index is -0.700. The Bertz CT molecular complexity index is 2140. The van der Waals surface area contributed by atoms with Crippen LogP contribution in [0.25, 0.3) is 33.4 Å². The van der Waals surface area contributed by atoms with Crippen molar-refractivity contribution in [1.29, 1.82) is 0 Å². The molecule has 0 aromatic heterocycles. The number of ether oxygens (including phenoxy) is 4. The molecule has 6 aromatic carbocycles. The second-order valence-electron chi connectivity index (χ2n) is 11.1. The van der Waals surface area contributed by atoms with Crippen LogP contribution in [0, 0.1) is 0 Å². The highest BCUT2D eigenvalue weighted by Crippen LogP contribution is 2.41. The van der Waals surface area contributed by atoms with Gasteiger partial charge in [0.1, 0.15) is 23.0 Å². The average molecular weight is 631 g/mol. The summed E-state index contributed by atoms with van der Waals surface area (Å²) in [6.07, 6.45) is 0. The normalized spacial score (nSPS) is 13.1. The molecule has 0 fully saturated rings. The lowest BCUT2D eigenvalue weighted by atomic mass is 9.95. The number of carbonyl (C=O) groups is 4. The maximum absolute atomic E-state index is 12.2. The Morgan fingerprint density at radius 3 is 1.15 bits per heavy atom. The predicted octanol–water partition coefficient (Wildman–Crippen LogP) is 8.89. The summed E-state index contributed by atoms with van der Waals surface area (Å²) in [6, 6.07) is 40.6.